The van der Waals surface area contributed by atoms with Crippen molar-refractivity contribution in [2.45, 2.75) is 71.4 Å². The molecule has 2 aliphatic carbocycles. The van der Waals surface area contributed by atoms with Gasteiger partial charge >= 0.3 is 0 Å². The minimum absolute atomic E-state index is 0.0180. The summed E-state index contributed by atoms with van der Waals surface area (Å²) < 4.78 is 0. The summed E-state index contributed by atoms with van der Waals surface area (Å²) in [4.78, 5) is 23.1. The van der Waals surface area contributed by atoms with Gasteiger partial charge in [-0.15, -0.1) is 11.3 Å². The number of nitrogens with zero attached hydrogens (tertiary/aromatic N) is 2. The zero-order valence-corrected chi connectivity index (χ0v) is 20.1. The molecule has 0 aromatic carbocycles. The van der Waals surface area contributed by atoms with Crippen molar-refractivity contribution in [1.29, 1.82) is 0 Å². The highest BCUT2D eigenvalue weighted by Crippen LogP contribution is 2.62. The number of nitrogens with one attached hydrogen (secondary N) is 2. The number of aliphatic hydroxyl groups is 2. The molecule has 4 rings (SSSR count). The number of carbonyl (C=O) groups excluding carboxylic acids is 1. The Morgan fingerprint density at radius 2 is 2.16 bits per heavy atom. The van der Waals surface area contributed by atoms with E-state index < -0.39 is 11.5 Å². The van der Waals surface area contributed by atoms with Crippen LogP contribution in [0.25, 0.3) is 0 Å². The first-order valence-corrected chi connectivity index (χ1v) is 12.2. The van der Waals surface area contributed by atoms with Gasteiger partial charge in [-0.3, -0.25) is 9.78 Å². The molecule has 2 aromatic rings. The maximum absolute atomic E-state index is 12.9. The van der Waals surface area contributed by atoms with Crippen molar-refractivity contribution in [2.24, 2.45) is 16.7 Å². The van der Waals surface area contributed by atoms with E-state index >= 15 is 0 Å². The Hall–Kier alpha value is -2.03. The van der Waals surface area contributed by atoms with Gasteiger partial charge in [0.1, 0.15) is 0 Å². The molecule has 1 saturated carbocycles. The van der Waals surface area contributed by atoms with Crippen LogP contribution in [0.1, 0.15) is 63.4 Å². The van der Waals surface area contributed by atoms with Crippen LogP contribution in [0.2, 0.25) is 0 Å². The van der Waals surface area contributed by atoms with Gasteiger partial charge in [0.05, 0.1) is 30.3 Å². The summed E-state index contributed by atoms with van der Waals surface area (Å²) in [5.41, 5.74) is 0.999. The summed E-state index contributed by atoms with van der Waals surface area (Å²) in [6.07, 6.45) is 5.45. The standard InChI is InChI=1S/C24H34N4O3S/c1-14(2)26-20(31)10-16-21-17(32-22(28-21)27-15-6-5-9-25-12-15)11-18-23(16,3)8-7-19(30)24(18,4)13-29/h5-6,9,12,14,16,18-19,29-30H,7-8,10-11,13H2,1-4H3,(H,26,31)(H,27,28)/t16-,18+,19-,23+,24+/m1/s1. The van der Waals surface area contributed by atoms with E-state index in [0.29, 0.717) is 12.8 Å². The van der Waals surface area contributed by atoms with Crippen molar-refractivity contribution in [2.75, 3.05) is 11.9 Å². The summed E-state index contributed by atoms with van der Waals surface area (Å²) in [6.45, 7) is 8.07. The molecule has 2 aromatic heterocycles. The molecule has 1 amide bonds. The molecule has 0 radical (unpaired) electrons. The van der Waals surface area contributed by atoms with Crippen LogP contribution in [0, 0.1) is 16.7 Å². The second kappa shape index (κ2) is 8.72. The van der Waals surface area contributed by atoms with Crippen LogP contribution < -0.4 is 10.6 Å². The highest BCUT2D eigenvalue weighted by molar-refractivity contribution is 7.15. The van der Waals surface area contributed by atoms with Crippen LogP contribution in [-0.2, 0) is 11.2 Å². The fourth-order valence-electron chi connectivity index (χ4n) is 5.83. The Kier molecular flexibility index (Phi) is 6.31. The molecular weight excluding hydrogens is 424 g/mol. The van der Waals surface area contributed by atoms with E-state index in [-0.39, 0.29) is 35.8 Å². The largest absolute Gasteiger partial charge is 0.396 e. The van der Waals surface area contributed by atoms with Gasteiger partial charge < -0.3 is 20.8 Å². The normalized spacial score (nSPS) is 31.7. The lowest BCUT2D eigenvalue weighted by atomic mass is 9.47. The third-order valence-corrected chi connectivity index (χ3v) is 8.65. The van der Waals surface area contributed by atoms with Crippen LogP contribution in [0.4, 0.5) is 10.8 Å². The van der Waals surface area contributed by atoms with Crippen molar-refractivity contribution >= 4 is 28.1 Å². The molecule has 5 atom stereocenters. The predicted molar refractivity (Wildman–Crippen MR) is 126 cm³/mol. The Morgan fingerprint density at radius 1 is 1.38 bits per heavy atom. The molecule has 7 nitrogen and oxygen atoms in total. The molecular formula is C24H34N4O3S. The predicted octanol–water partition coefficient (Wildman–Crippen LogP) is 3.61. The highest BCUT2D eigenvalue weighted by atomic mass is 32.1. The second-order valence-corrected chi connectivity index (χ2v) is 11.2. The number of hydrogen-bond donors (Lipinski definition) is 4. The third-order valence-electron chi connectivity index (χ3n) is 7.65. The molecule has 0 saturated heterocycles. The molecule has 1 fully saturated rings. The van der Waals surface area contributed by atoms with E-state index in [2.05, 4.69) is 22.5 Å². The number of hydrogen-bond acceptors (Lipinski definition) is 7. The maximum atomic E-state index is 12.9. The fraction of sp³-hybridized carbons (Fsp3) is 0.625. The van der Waals surface area contributed by atoms with Gasteiger partial charge in [-0.25, -0.2) is 4.98 Å². The van der Waals surface area contributed by atoms with Crippen LogP contribution in [-0.4, -0.2) is 44.8 Å². The van der Waals surface area contributed by atoms with Crippen LogP contribution in [0.5, 0.6) is 0 Å². The van der Waals surface area contributed by atoms with E-state index in [9.17, 15) is 15.0 Å². The lowest BCUT2D eigenvalue weighted by Crippen LogP contribution is -2.57. The smallest absolute Gasteiger partial charge is 0.220 e. The number of thiazole rings is 1. The number of amides is 1. The van der Waals surface area contributed by atoms with Gasteiger partial charge in [0.15, 0.2) is 5.13 Å². The molecule has 2 heterocycles. The van der Waals surface area contributed by atoms with Crippen LogP contribution >= 0.6 is 11.3 Å². The summed E-state index contributed by atoms with van der Waals surface area (Å²) in [6, 6.07) is 3.89. The summed E-state index contributed by atoms with van der Waals surface area (Å²) in [7, 11) is 0. The van der Waals surface area contributed by atoms with Crippen molar-refractivity contribution in [3.63, 3.8) is 0 Å². The number of rotatable bonds is 6. The SMILES string of the molecule is CC(C)NC(=O)C[C@@H]1c2nc(Nc3cccnc3)sc2C[C@@H]2[C@](C)(CO)[C@H](O)CC[C@]21C. The topological polar surface area (TPSA) is 107 Å². The molecule has 8 heteroatoms. The minimum atomic E-state index is -0.613. The molecule has 2 aliphatic rings. The van der Waals surface area contributed by atoms with Crippen molar-refractivity contribution in [3.05, 3.63) is 35.1 Å². The van der Waals surface area contributed by atoms with Crippen LogP contribution in [0.15, 0.2) is 24.5 Å². The molecule has 32 heavy (non-hydrogen) atoms. The zero-order valence-electron chi connectivity index (χ0n) is 19.3. The van der Waals surface area contributed by atoms with E-state index in [0.717, 1.165) is 34.2 Å². The number of aromatic nitrogens is 2. The second-order valence-electron chi connectivity index (χ2n) is 10.2. The zero-order chi connectivity index (χ0) is 23.1. The third kappa shape index (κ3) is 4.04. The first-order valence-electron chi connectivity index (χ1n) is 11.4. The lowest BCUT2D eigenvalue weighted by Gasteiger charge is -2.58. The molecule has 4 N–H and O–H groups in total. The number of anilines is 2. The Labute approximate surface area is 193 Å². The molecule has 0 bridgehead atoms. The number of fused-ring (bicyclic) bond motifs is 2. The fourth-order valence-corrected chi connectivity index (χ4v) is 6.91. The van der Waals surface area contributed by atoms with Gasteiger partial charge in [0.25, 0.3) is 0 Å². The summed E-state index contributed by atoms with van der Waals surface area (Å²) in [5.74, 6) is -0.00159. The first kappa shape index (κ1) is 23.1. The van der Waals surface area contributed by atoms with Crippen molar-refractivity contribution in [1.82, 2.24) is 15.3 Å². The number of pyridine rings is 1. The molecule has 0 spiro atoms. The average Bonchev–Trinajstić information content (AvgIpc) is 3.15. The average molecular weight is 459 g/mol. The monoisotopic (exact) mass is 458 g/mol. The Bertz CT molecular complexity index is 965. The Morgan fingerprint density at radius 3 is 2.81 bits per heavy atom. The van der Waals surface area contributed by atoms with Gasteiger partial charge in [-0.1, -0.05) is 13.8 Å². The maximum Gasteiger partial charge on any atom is 0.220 e. The van der Waals surface area contributed by atoms with E-state index in [1.54, 1.807) is 23.7 Å². The van der Waals surface area contributed by atoms with Gasteiger partial charge in [-0.2, -0.15) is 0 Å². The molecule has 0 aliphatic heterocycles. The van der Waals surface area contributed by atoms with E-state index in [1.165, 1.54) is 0 Å². The van der Waals surface area contributed by atoms with E-state index in [4.69, 9.17) is 4.98 Å². The highest BCUT2D eigenvalue weighted by Gasteiger charge is 2.59. The van der Waals surface area contributed by atoms with Crippen LogP contribution in [0.3, 0.4) is 0 Å². The summed E-state index contributed by atoms with van der Waals surface area (Å²) in [5, 5.41) is 28.4. The number of aliphatic hydroxyl groups excluding tert-OH is 2. The van der Waals surface area contributed by atoms with Gasteiger partial charge in [0.2, 0.25) is 5.91 Å². The quantitative estimate of drug-likeness (QED) is 0.527. The van der Waals surface area contributed by atoms with Crippen molar-refractivity contribution in [3.8, 4) is 0 Å². The van der Waals surface area contributed by atoms with E-state index in [1.807, 2.05) is 32.9 Å². The van der Waals surface area contributed by atoms with Gasteiger partial charge in [-0.05, 0) is 56.6 Å². The first-order chi connectivity index (χ1) is 15.2. The molecule has 174 valence electrons. The lowest BCUT2D eigenvalue weighted by molar-refractivity contribution is -0.144. The van der Waals surface area contributed by atoms with Crippen molar-refractivity contribution < 1.29 is 15.0 Å². The number of carbonyl (C=O) groups is 1. The Balaban J connectivity index is 1.74. The minimum Gasteiger partial charge on any atom is -0.396 e. The summed E-state index contributed by atoms with van der Waals surface area (Å²) >= 11 is 1.60. The molecule has 0 unspecified atom stereocenters. The van der Waals surface area contributed by atoms with Gasteiger partial charge in [0, 0.05) is 34.9 Å².